The second-order valence-electron chi connectivity index (χ2n) is 9.45. The Bertz CT molecular complexity index is 1520. The van der Waals surface area contributed by atoms with Crippen LogP contribution in [-0.4, -0.2) is 34.6 Å². The van der Waals surface area contributed by atoms with Gasteiger partial charge in [0.15, 0.2) is 6.20 Å². The van der Waals surface area contributed by atoms with Crippen molar-refractivity contribution in [2.75, 3.05) is 0 Å². The summed E-state index contributed by atoms with van der Waals surface area (Å²) in [6, 6.07) is 6.23. The third kappa shape index (κ3) is 7.10. The number of aliphatic hydroxyl groups excluding tert-OH is 1. The Hall–Kier alpha value is -3.65. The van der Waals surface area contributed by atoms with E-state index in [9.17, 15) is 32.8 Å². The Balaban J connectivity index is 0.000000283. The highest BCUT2D eigenvalue weighted by atomic mass is 79.9. The van der Waals surface area contributed by atoms with Crippen molar-refractivity contribution < 1.29 is 27.6 Å². The Labute approximate surface area is 234 Å². The van der Waals surface area contributed by atoms with Gasteiger partial charge in [-0.1, -0.05) is 0 Å². The van der Waals surface area contributed by atoms with Crippen LogP contribution in [-0.2, 0) is 13.0 Å². The summed E-state index contributed by atoms with van der Waals surface area (Å²) in [6.45, 7) is 4.26. The van der Waals surface area contributed by atoms with E-state index < -0.39 is 34.9 Å². The van der Waals surface area contributed by atoms with Crippen LogP contribution in [0.1, 0.15) is 60.5 Å². The van der Waals surface area contributed by atoms with Crippen molar-refractivity contribution in [3.63, 3.8) is 0 Å². The molecular weight excluding hydrogens is 600 g/mol. The van der Waals surface area contributed by atoms with Gasteiger partial charge in [0.25, 0.3) is 6.43 Å². The molecule has 40 heavy (non-hydrogen) atoms. The van der Waals surface area contributed by atoms with E-state index in [1.54, 1.807) is 0 Å². The molecule has 0 amide bonds. The fourth-order valence-corrected chi connectivity index (χ4v) is 4.37. The second-order valence-corrected chi connectivity index (χ2v) is 10.4. The van der Waals surface area contributed by atoms with E-state index in [4.69, 9.17) is 0 Å². The molecule has 0 radical (unpaired) electrons. The average molecular weight is 625 g/mol. The van der Waals surface area contributed by atoms with Gasteiger partial charge in [0, 0.05) is 36.5 Å². The monoisotopic (exact) mass is 624 g/mol. The normalized spacial score (nSPS) is 13.7. The van der Waals surface area contributed by atoms with Gasteiger partial charge in [-0.25, -0.2) is 17.9 Å². The van der Waals surface area contributed by atoms with Gasteiger partial charge in [-0.05, 0) is 88.3 Å². The summed E-state index contributed by atoms with van der Waals surface area (Å²) in [7, 11) is 0. The zero-order chi connectivity index (χ0) is 29.1. The number of hydrogen-bond acceptors (Lipinski definition) is 6. The first-order valence-electron chi connectivity index (χ1n) is 12.3. The number of benzene rings is 1. The van der Waals surface area contributed by atoms with E-state index in [-0.39, 0.29) is 11.3 Å². The van der Waals surface area contributed by atoms with Gasteiger partial charge in [0.1, 0.15) is 11.5 Å². The number of rotatable bonds is 8. The van der Waals surface area contributed by atoms with E-state index in [2.05, 4.69) is 31.1 Å². The molecule has 5 rings (SSSR count). The zero-order valence-electron chi connectivity index (χ0n) is 21.4. The minimum atomic E-state index is -2.73. The molecule has 1 aliphatic rings. The third-order valence-electron chi connectivity index (χ3n) is 6.22. The van der Waals surface area contributed by atoms with Crippen LogP contribution in [0.25, 0.3) is 5.69 Å². The molecule has 0 aliphatic heterocycles. The van der Waals surface area contributed by atoms with E-state index in [0.29, 0.717) is 28.2 Å². The van der Waals surface area contributed by atoms with Gasteiger partial charge < -0.3 is 15.2 Å². The molecule has 1 atom stereocenters. The molecule has 0 unspecified atom stereocenters. The summed E-state index contributed by atoms with van der Waals surface area (Å²) in [4.78, 5) is 12.4. The topological polar surface area (TPSA) is 112 Å². The molecular formula is C26H25BrF4N6O3. The average Bonchev–Trinajstić information content (AvgIpc) is 3.48. The fourth-order valence-electron chi connectivity index (χ4n) is 4.06. The number of aliphatic hydroxyl groups is 1. The Morgan fingerprint density at radius 3 is 2.52 bits per heavy atom. The molecule has 0 spiro atoms. The van der Waals surface area contributed by atoms with Crippen LogP contribution in [0.15, 0.2) is 47.2 Å². The molecule has 212 valence electrons. The maximum absolute atomic E-state index is 13.7. The number of alkyl halides is 2. The van der Waals surface area contributed by atoms with E-state index >= 15 is 0 Å². The van der Waals surface area contributed by atoms with Crippen molar-refractivity contribution in [3.05, 3.63) is 97.2 Å². The summed E-state index contributed by atoms with van der Waals surface area (Å²) in [5, 5.41) is 28.7. The van der Waals surface area contributed by atoms with Gasteiger partial charge >= 0.3 is 5.82 Å². The maximum atomic E-state index is 13.7. The van der Waals surface area contributed by atoms with Gasteiger partial charge in [-0.3, -0.25) is 4.68 Å². The molecule has 0 bridgehead atoms. The maximum Gasteiger partial charge on any atom is 0.399 e. The number of halogens is 5. The fraction of sp³-hybridized carbons (Fsp3) is 0.346. The predicted octanol–water partition coefficient (Wildman–Crippen LogP) is 6.40. The molecule has 1 aliphatic carbocycles. The smallest absolute Gasteiger partial charge is 0.389 e. The van der Waals surface area contributed by atoms with Crippen LogP contribution in [0.5, 0.6) is 0 Å². The lowest BCUT2D eigenvalue weighted by Crippen LogP contribution is -2.09. The first-order chi connectivity index (χ1) is 18.9. The van der Waals surface area contributed by atoms with E-state index in [1.807, 2.05) is 17.8 Å². The largest absolute Gasteiger partial charge is 0.399 e. The molecule has 3 heterocycles. The molecule has 1 saturated carbocycles. The number of aromatic nitrogens is 5. The Morgan fingerprint density at radius 1 is 1.20 bits per heavy atom. The first-order valence-corrected chi connectivity index (χ1v) is 13.1. The van der Waals surface area contributed by atoms with Crippen LogP contribution in [0.3, 0.4) is 0 Å². The molecule has 4 aromatic rings. The molecule has 9 nitrogen and oxygen atoms in total. The highest BCUT2D eigenvalue weighted by molar-refractivity contribution is 9.10. The van der Waals surface area contributed by atoms with Gasteiger partial charge in [-0.2, -0.15) is 14.6 Å². The summed E-state index contributed by atoms with van der Waals surface area (Å²) in [6.07, 6.45) is 2.19. The summed E-state index contributed by atoms with van der Waals surface area (Å²) < 4.78 is 56.7. The summed E-state index contributed by atoms with van der Waals surface area (Å²) in [5.41, 5.74) is 2.61. The number of hydrogen-bond donors (Lipinski definition) is 1. The molecule has 1 fully saturated rings. The lowest BCUT2D eigenvalue weighted by molar-refractivity contribution is -0.392. The number of nitrogens with zero attached hydrogens (tertiary/aromatic N) is 6. The highest BCUT2D eigenvalue weighted by Gasteiger charge is 2.24. The van der Waals surface area contributed by atoms with Crippen molar-refractivity contribution >= 4 is 21.7 Å². The molecule has 3 aromatic heterocycles. The van der Waals surface area contributed by atoms with Crippen molar-refractivity contribution in [2.24, 2.45) is 5.92 Å². The molecule has 14 heteroatoms. The summed E-state index contributed by atoms with van der Waals surface area (Å²) in [5.74, 6) is -1.53. The van der Waals surface area contributed by atoms with Crippen molar-refractivity contribution in [1.82, 2.24) is 24.5 Å². The Morgan fingerprint density at radius 2 is 1.93 bits per heavy atom. The lowest BCUT2D eigenvalue weighted by Gasteiger charge is -2.14. The standard InChI is InChI=1S/C21H23F3N4O.C5H2BrFN2O2/c1-12-15(11-27(25-12)10-14-3-4-14)7-17-9-19(21(23)24)26-28(17)20-6-5-16(22)8-18(20)13(2)29;6-3-1-4(7)5(8-2-3)9(10)11/h5-6,8-9,11,13-14,21,29H,3-4,7,10H2,1-2H3;1-2H/t13-;/m1./s1. The van der Waals surface area contributed by atoms with Crippen LogP contribution in [0, 0.1) is 34.6 Å². The third-order valence-corrected chi connectivity index (χ3v) is 6.65. The number of pyridine rings is 1. The van der Waals surface area contributed by atoms with E-state index in [1.165, 1.54) is 54.9 Å². The van der Waals surface area contributed by atoms with Gasteiger partial charge in [-0.15, -0.1) is 0 Å². The lowest BCUT2D eigenvalue weighted by atomic mass is 10.1. The Kier molecular flexibility index (Phi) is 8.98. The van der Waals surface area contributed by atoms with Crippen molar-refractivity contribution in [2.45, 2.75) is 52.2 Å². The molecule has 0 saturated heterocycles. The van der Waals surface area contributed by atoms with Crippen LogP contribution in [0.4, 0.5) is 23.4 Å². The summed E-state index contributed by atoms with van der Waals surface area (Å²) >= 11 is 2.92. The second kappa shape index (κ2) is 12.3. The number of aryl methyl sites for hydroxylation is 1. The molecule has 1 N–H and O–H groups in total. The SMILES string of the molecule is Cc1nn(CC2CC2)cc1Cc1cc(C(F)F)nn1-c1ccc(F)cc1[C@@H](C)O.O=[N+]([O-])c1ncc(Br)cc1F. The minimum Gasteiger partial charge on any atom is -0.389 e. The number of nitro groups is 1. The van der Waals surface area contributed by atoms with Crippen LogP contribution < -0.4 is 0 Å². The van der Waals surface area contributed by atoms with Crippen LogP contribution >= 0.6 is 15.9 Å². The first kappa shape index (κ1) is 29.3. The van der Waals surface area contributed by atoms with Crippen LogP contribution in [0.2, 0.25) is 0 Å². The van der Waals surface area contributed by atoms with E-state index in [0.717, 1.165) is 23.9 Å². The highest BCUT2D eigenvalue weighted by Crippen LogP contribution is 2.31. The molecule has 1 aromatic carbocycles. The predicted molar refractivity (Wildman–Crippen MR) is 140 cm³/mol. The van der Waals surface area contributed by atoms with Gasteiger partial charge in [0.05, 0.1) is 22.0 Å². The zero-order valence-corrected chi connectivity index (χ0v) is 23.0. The van der Waals surface area contributed by atoms with Gasteiger partial charge in [0.2, 0.25) is 5.82 Å². The quantitative estimate of drug-likeness (QED) is 0.138. The van der Waals surface area contributed by atoms with Crippen molar-refractivity contribution in [3.8, 4) is 5.69 Å². The van der Waals surface area contributed by atoms with Crippen molar-refractivity contribution in [1.29, 1.82) is 0 Å². The minimum absolute atomic E-state index is 0.288.